The number of hydrogen-bond donors (Lipinski definition) is 0. The Balaban J connectivity index is 1.83. The highest BCUT2D eigenvalue weighted by molar-refractivity contribution is 6.34. The fraction of sp³-hybridized carbons (Fsp3) is 0.261. The standard InChI is InChI=1S/C23H24ClN3O4/c1-17-5-3-6-18(13-17)15-25-10-4-7-20(25)16-26(11-12-31-2)23(28)21-9-8-19(27(29)30)14-22(21)24/h3-10,13-14H,11-12,15-16H2,1-2H3. The molecule has 0 radical (unpaired) electrons. The van der Waals surface area contributed by atoms with E-state index in [9.17, 15) is 14.9 Å². The van der Waals surface area contributed by atoms with E-state index in [-0.39, 0.29) is 22.2 Å². The van der Waals surface area contributed by atoms with Crippen LogP contribution in [0.1, 0.15) is 27.2 Å². The van der Waals surface area contributed by atoms with E-state index >= 15 is 0 Å². The number of ether oxygens (including phenoxy) is 1. The van der Waals surface area contributed by atoms with Gasteiger partial charge >= 0.3 is 0 Å². The summed E-state index contributed by atoms with van der Waals surface area (Å²) in [5.74, 6) is -0.305. The molecule has 0 fully saturated rings. The summed E-state index contributed by atoms with van der Waals surface area (Å²) in [6.07, 6.45) is 1.98. The van der Waals surface area contributed by atoms with Gasteiger partial charge in [0.15, 0.2) is 0 Å². The molecule has 0 bridgehead atoms. The van der Waals surface area contributed by atoms with Gasteiger partial charge in [0.25, 0.3) is 11.6 Å². The van der Waals surface area contributed by atoms with Gasteiger partial charge in [-0.3, -0.25) is 14.9 Å². The van der Waals surface area contributed by atoms with E-state index in [1.54, 1.807) is 12.0 Å². The lowest BCUT2D eigenvalue weighted by Gasteiger charge is -2.24. The van der Waals surface area contributed by atoms with Crippen LogP contribution >= 0.6 is 11.6 Å². The molecule has 0 unspecified atom stereocenters. The van der Waals surface area contributed by atoms with Gasteiger partial charge < -0.3 is 14.2 Å². The molecule has 1 aromatic heterocycles. The Hall–Kier alpha value is -3.16. The van der Waals surface area contributed by atoms with E-state index in [4.69, 9.17) is 16.3 Å². The van der Waals surface area contributed by atoms with Crippen LogP contribution in [0.25, 0.3) is 0 Å². The minimum atomic E-state index is -0.541. The summed E-state index contributed by atoms with van der Waals surface area (Å²) in [5, 5.41) is 11.0. The Kier molecular flexibility index (Phi) is 7.44. The topological polar surface area (TPSA) is 77.6 Å². The van der Waals surface area contributed by atoms with Crippen LogP contribution in [0.15, 0.2) is 60.8 Å². The second-order valence-electron chi connectivity index (χ2n) is 7.26. The maximum atomic E-state index is 13.2. The van der Waals surface area contributed by atoms with Crippen molar-refractivity contribution in [3.8, 4) is 0 Å². The summed E-state index contributed by atoms with van der Waals surface area (Å²) in [7, 11) is 1.57. The molecule has 0 N–H and O–H groups in total. The number of nitro benzene ring substituents is 1. The Morgan fingerprint density at radius 1 is 1.19 bits per heavy atom. The number of halogens is 1. The number of hydrogen-bond acceptors (Lipinski definition) is 4. The molecule has 8 heteroatoms. The molecule has 0 aliphatic rings. The molecule has 0 atom stereocenters. The van der Waals surface area contributed by atoms with E-state index in [0.29, 0.717) is 26.2 Å². The first-order valence-corrected chi connectivity index (χ1v) is 10.2. The van der Waals surface area contributed by atoms with Crippen LogP contribution < -0.4 is 0 Å². The lowest BCUT2D eigenvalue weighted by Crippen LogP contribution is -2.34. The molecule has 2 aromatic carbocycles. The smallest absolute Gasteiger partial charge is 0.270 e. The second-order valence-corrected chi connectivity index (χ2v) is 7.66. The summed E-state index contributed by atoms with van der Waals surface area (Å²) < 4.78 is 7.27. The number of rotatable bonds is 9. The summed E-state index contributed by atoms with van der Waals surface area (Å²) >= 11 is 6.19. The Morgan fingerprint density at radius 3 is 2.68 bits per heavy atom. The number of carbonyl (C=O) groups excluding carboxylic acids is 1. The van der Waals surface area contributed by atoms with Crippen LogP contribution in [0.4, 0.5) is 5.69 Å². The third kappa shape index (κ3) is 5.71. The SMILES string of the molecule is COCCN(Cc1cccn1Cc1cccc(C)c1)C(=O)c1ccc([N+](=O)[O-])cc1Cl. The highest BCUT2D eigenvalue weighted by atomic mass is 35.5. The lowest BCUT2D eigenvalue weighted by atomic mass is 10.1. The highest BCUT2D eigenvalue weighted by Gasteiger charge is 2.21. The summed E-state index contributed by atoms with van der Waals surface area (Å²) in [4.78, 5) is 25.3. The average molecular weight is 442 g/mol. The van der Waals surface area contributed by atoms with Crippen LogP contribution in [-0.4, -0.2) is 40.6 Å². The minimum absolute atomic E-state index is 0.0526. The van der Waals surface area contributed by atoms with Gasteiger partial charge in [-0.05, 0) is 30.7 Å². The average Bonchev–Trinajstić information content (AvgIpc) is 3.17. The van der Waals surface area contributed by atoms with Crippen LogP contribution in [0.3, 0.4) is 0 Å². The van der Waals surface area contributed by atoms with Crippen molar-refractivity contribution in [2.75, 3.05) is 20.3 Å². The fourth-order valence-corrected chi connectivity index (χ4v) is 3.62. The van der Waals surface area contributed by atoms with E-state index in [1.807, 2.05) is 24.4 Å². The molecule has 0 saturated heterocycles. The number of non-ortho nitro benzene ring substituents is 1. The Bertz CT molecular complexity index is 1080. The number of nitrogens with zero attached hydrogens (tertiary/aromatic N) is 3. The lowest BCUT2D eigenvalue weighted by molar-refractivity contribution is -0.384. The van der Waals surface area contributed by atoms with Gasteiger partial charge in [0.2, 0.25) is 0 Å². The van der Waals surface area contributed by atoms with E-state index in [1.165, 1.54) is 29.3 Å². The number of carbonyl (C=O) groups is 1. The number of aromatic nitrogens is 1. The number of amides is 1. The molecular weight excluding hydrogens is 418 g/mol. The van der Waals surface area contributed by atoms with Gasteiger partial charge in [0.1, 0.15) is 0 Å². The Labute approximate surface area is 186 Å². The zero-order valence-corrected chi connectivity index (χ0v) is 18.2. The van der Waals surface area contributed by atoms with Crippen LogP contribution in [0, 0.1) is 17.0 Å². The number of methoxy groups -OCH3 is 1. The van der Waals surface area contributed by atoms with E-state index < -0.39 is 4.92 Å². The largest absolute Gasteiger partial charge is 0.383 e. The Morgan fingerprint density at radius 2 is 2.00 bits per heavy atom. The molecule has 162 valence electrons. The zero-order valence-electron chi connectivity index (χ0n) is 17.5. The van der Waals surface area contributed by atoms with Crippen LogP contribution in [0.2, 0.25) is 5.02 Å². The number of benzene rings is 2. The minimum Gasteiger partial charge on any atom is -0.383 e. The molecule has 0 aliphatic carbocycles. The van der Waals surface area contributed by atoms with Gasteiger partial charge in [0.05, 0.1) is 28.7 Å². The number of aryl methyl sites for hydroxylation is 1. The summed E-state index contributed by atoms with van der Waals surface area (Å²) in [6, 6.07) is 16.1. The first-order valence-electron chi connectivity index (χ1n) is 9.80. The molecule has 3 aromatic rings. The van der Waals surface area contributed by atoms with Gasteiger partial charge in [-0.1, -0.05) is 41.4 Å². The molecule has 7 nitrogen and oxygen atoms in total. The fourth-order valence-electron chi connectivity index (χ4n) is 3.37. The monoisotopic (exact) mass is 441 g/mol. The van der Waals surface area contributed by atoms with Crippen molar-refractivity contribution in [3.05, 3.63) is 98.3 Å². The molecule has 31 heavy (non-hydrogen) atoms. The van der Waals surface area contributed by atoms with Gasteiger partial charge in [-0.15, -0.1) is 0 Å². The molecule has 1 amide bonds. The summed E-state index contributed by atoms with van der Waals surface area (Å²) in [6.45, 7) is 3.81. The zero-order chi connectivity index (χ0) is 22.4. The van der Waals surface area contributed by atoms with Gasteiger partial charge in [0, 0.05) is 44.2 Å². The first-order chi connectivity index (χ1) is 14.9. The van der Waals surface area contributed by atoms with Crippen molar-refractivity contribution in [2.24, 2.45) is 0 Å². The molecule has 3 rings (SSSR count). The number of nitro groups is 1. The van der Waals surface area contributed by atoms with Crippen molar-refractivity contribution < 1.29 is 14.5 Å². The van der Waals surface area contributed by atoms with Crippen molar-refractivity contribution >= 4 is 23.2 Å². The summed E-state index contributed by atoms with van der Waals surface area (Å²) in [5.41, 5.74) is 3.39. The van der Waals surface area contributed by atoms with Crippen molar-refractivity contribution in [1.82, 2.24) is 9.47 Å². The van der Waals surface area contributed by atoms with Gasteiger partial charge in [-0.2, -0.15) is 0 Å². The third-order valence-electron chi connectivity index (χ3n) is 4.96. The molecule has 0 aliphatic heterocycles. The van der Waals surface area contributed by atoms with Crippen molar-refractivity contribution in [2.45, 2.75) is 20.0 Å². The second kappa shape index (κ2) is 10.2. The van der Waals surface area contributed by atoms with E-state index in [0.717, 1.165) is 5.69 Å². The first kappa shape index (κ1) is 22.5. The maximum Gasteiger partial charge on any atom is 0.270 e. The molecular formula is C23H24ClN3O4. The maximum absolute atomic E-state index is 13.2. The quantitative estimate of drug-likeness (QED) is 0.356. The predicted molar refractivity (Wildman–Crippen MR) is 119 cm³/mol. The third-order valence-corrected chi connectivity index (χ3v) is 5.27. The van der Waals surface area contributed by atoms with Crippen LogP contribution in [0.5, 0.6) is 0 Å². The highest BCUT2D eigenvalue weighted by Crippen LogP contribution is 2.24. The van der Waals surface area contributed by atoms with Crippen LogP contribution in [-0.2, 0) is 17.8 Å². The predicted octanol–water partition coefficient (Wildman–Crippen LogP) is 4.70. The van der Waals surface area contributed by atoms with E-state index in [2.05, 4.69) is 29.7 Å². The molecule has 0 saturated carbocycles. The van der Waals surface area contributed by atoms with Gasteiger partial charge in [-0.25, -0.2) is 0 Å². The van der Waals surface area contributed by atoms with Crippen molar-refractivity contribution in [3.63, 3.8) is 0 Å². The molecule has 0 spiro atoms. The molecule has 1 heterocycles. The normalized spacial score (nSPS) is 10.8. The van der Waals surface area contributed by atoms with Crippen molar-refractivity contribution in [1.29, 1.82) is 0 Å².